The summed E-state index contributed by atoms with van der Waals surface area (Å²) in [5, 5.41) is 2.80. The third kappa shape index (κ3) is 3.05. The van der Waals surface area contributed by atoms with E-state index in [2.05, 4.69) is 15.3 Å². The first-order chi connectivity index (χ1) is 9.08. The Labute approximate surface area is 113 Å². The first-order valence-corrected chi connectivity index (χ1v) is 5.62. The Morgan fingerprint density at radius 3 is 2.68 bits per heavy atom. The Morgan fingerprint density at radius 1 is 1.26 bits per heavy atom. The van der Waals surface area contributed by atoms with Crippen LogP contribution < -0.4 is 11.1 Å². The second kappa shape index (κ2) is 5.45. The van der Waals surface area contributed by atoms with Crippen molar-refractivity contribution in [2.45, 2.75) is 0 Å². The molecule has 0 atom stereocenters. The Balaban J connectivity index is 2.23. The topological polar surface area (TPSA) is 98.0 Å². The molecule has 0 spiro atoms. The van der Waals surface area contributed by atoms with Crippen LogP contribution in [0.25, 0.3) is 0 Å². The first kappa shape index (κ1) is 13.0. The van der Waals surface area contributed by atoms with E-state index in [1.807, 2.05) is 0 Å². The van der Waals surface area contributed by atoms with Crippen LogP contribution in [0.2, 0.25) is 5.02 Å². The van der Waals surface area contributed by atoms with Gasteiger partial charge in [-0.05, 0) is 18.2 Å². The largest absolute Gasteiger partial charge is 0.366 e. The van der Waals surface area contributed by atoms with Gasteiger partial charge in [-0.2, -0.15) is 0 Å². The highest BCUT2D eigenvalue weighted by Crippen LogP contribution is 2.20. The minimum atomic E-state index is -0.666. The monoisotopic (exact) mass is 276 g/mol. The zero-order chi connectivity index (χ0) is 13.8. The molecule has 0 aliphatic rings. The Hall–Kier alpha value is -2.47. The summed E-state index contributed by atoms with van der Waals surface area (Å²) < 4.78 is 0. The SMILES string of the molecule is NC(=O)c1cc(NC(=O)c2cnccn2)ccc1Cl. The minimum Gasteiger partial charge on any atom is -0.366 e. The summed E-state index contributed by atoms with van der Waals surface area (Å²) in [6.07, 6.45) is 4.20. The molecule has 1 aromatic carbocycles. The second-order valence-corrected chi connectivity index (χ2v) is 4.01. The van der Waals surface area contributed by atoms with Crippen LogP contribution in [0.3, 0.4) is 0 Å². The number of anilines is 1. The van der Waals surface area contributed by atoms with Gasteiger partial charge in [0.2, 0.25) is 5.91 Å². The predicted molar refractivity (Wildman–Crippen MR) is 70.0 cm³/mol. The quantitative estimate of drug-likeness (QED) is 0.887. The van der Waals surface area contributed by atoms with Crippen LogP contribution in [0.15, 0.2) is 36.8 Å². The fourth-order valence-electron chi connectivity index (χ4n) is 1.40. The average Bonchev–Trinajstić information content (AvgIpc) is 2.41. The number of nitrogens with zero attached hydrogens (tertiary/aromatic N) is 2. The van der Waals surface area contributed by atoms with Gasteiger partial charge >= 0.3 is 0 Å². The van der Waals surface area contributed by atoms with Crippen LogP contribution in [0.1, 0.15) is 20.8 Å². The van der Waals surface area contributed by atoms with Crippen LogP contribution in [0.4, 0.5) is 5.69 Å². The Kier molecular flexibility index (Phi) is 3.72. The highest BCUT2D eigenvalue weighted by molar-refractivity contribution is 6.34. The van der Waals surface area contributed by atoms with Crippen LogP contribution >= 0.6 is 11.6 Å². The molecule has 2 rings (SSSR count). The van der Waals surface area contributed by atoms with E-state index in [0.717, 1.165) is 0 Å². The maximum absolute atomic E-state index is 11.8. The number of rotatable bonds is 3. The van der Waals surface area contributed by atoms with Gasteiger partial charge in [-0.3, -0.25) is 14.6 Å². The molecule has 6 nitrogen and oxygen atoms in total. The highest BCUT2D eigenvalue weighted by atomic mass is 35.5. The molecular formula is C12H9ClN4O2. The number of hydrogen-bond donors (Lipinski definition) is 2. The molecule has 0 aliphatic heterocycles. The molecule has 0 aliphatic carbocycles. The average molecular weight is 277 g/mol. The van der Waals surface area contributed by atoms with Crippen molar-refractivity contribution in [2.24, 2.45) is 5.73 Å². The van der Waals surface area contributed by atoms with Gasteiger partial charge in [0.05, 0.1) is 16.8 Å². The number of carbonyl (C=O) groups is 2. The molecule has 2 aromatic rings. The van der Waals surface area contributed by atoms with Gasteiger partial charge in [-0.1, -0.05) is 11.6 Å². The van der Waals surface area contributed by atoms with E-state index >= 15 is 0 Å². The van der Waals surface area contributed by atoms with E-state index in [0.29, 0.717) is 5.69 Å². The van der Waals surface area contributed by atoms with Crippen molar-refractivity contribution in [1.29, 1.82) is 0 Å². The van der Waals surface area contributed by atoms with E-state index in [4.69, 9.17) is 17.3 Å². The number of benzene rings is 1. The van der Waals surface area contributed by atoms with E-state index in [1.165, 1.54) is 30.7 Å². The molecule has 0 saturated heterocycles. The van der Waals surface area contributed by atoms with E-state index in [9.17, 15) is 9.59 Å². The molecule has 7 heteroatoms. The molecule has 0 unspecified atom stereocenters. The molecule has 0 bridgehead atoms. The van der Waals surface area contributed by atoms with Crippen molar-refractivity contribution in [2.75, 3.05) is 5.32 Å². The number of aromatic nitrogens is 2. The lowest BCUT2D eigenvalue weighted by Crippen LogP contribution is -2.16. The van der Waals surface area contributed by atoms with Crippen LogP contribution in [-0.4, -0.2) is 21.8 Å². The number of nitrogens with two attached hydrogens (primary N) is 1. The number of halogens is 1. The van der Waals surface area contributed by atoms with Crippen molar-refractivity contribution in [1.82, 2.24) is 9.97 Å². The van der Waals surface area contributed by atoms with Gasteiger partial charge in [0, 0.05) is 18.1 Å². The van der Waals surface area contributed by atoms with E-state index in [-0.39, 0.29) is 16.3 Å². The molecule has 1 heterocycles. The zero-order valence-corrected chi connectivity index (χ0v) is 10.4. The van der Waals surface area contributed by atoms with Crippen molar-refractivity contribution < 1.29 is 9.59 Å². The molecule has 96 valence electrons. The maximum atomic E-state index is 11.8. The number of amides is 2. The van der Waals surface area contributed by atoms with Gasteiger partial charge in [-0.25, -0.2) is 4.98 Å². The molecule has 0 saturated carbocycles. The van der Waals surface area contributed by atoms with Gasteiger partial charge in [-0.15, -0.1) is 0 Å². The van der Waals surface area contributed by atoms with Gasteiger partial charge in [0.1, 0.15) is 5.69 Å². The summed E-state index contributed by atoms with van der Waals surface area (Å²) >= 11 is 5.81. The second-order valence-electron chi connectivity index (χ2n) is 3.60. The van der Waals surface area contributed by atoms with E-state index in [1.54, 1.807) is 6.07 Å². The fraction of sp³-hybridized carbons (Fsp3) is 0. The fourth-order valence-corrected chi connectivity index (χ4v) is 1.61. The van der Waals surface area contributed by atoms with Crippen molar-refractivity contribution in [3.8, 4) is 0 Å². The first-order valence-electron chi connectivity index (χ1n) is 5.24. The smallest absolute Gasteiger partial charge is 0.275 e. The van der Waals surface area contributed by atoms with Crippen molar-refractivity contribution in [3.63, 3.8) is 0 Å². The standard InChI is InChI=1S/C12H9ClN4O2/c13-9-2-1-7(5-8(9)11(14)18)17-12(19)10-6-15-3-4-16-10/h1-6H,(H2,14,18)(H,17,19). The van der Waals surface area contributed by atoms with Crippen LogP contribution in [-0.2, 0) is 0 Å². The number of primary amides is 1. The molecular weight excluding hydrogens is 268 g/mol. The molecule has 19 heavy (non-hydrogen) atoms. The third-order valence-electron chi connectivity index (χ3n) is 2.29. The summed E-state index contributed by atoms with van der Waals surface area (Å²) in [5.74, 6) is -1.11. The van der Waals surface area contributed by atoms with Gasteiger partial charge < -0.3 is 11.1 Å². The zero-order valence-electron chi connectivity index (χ0n) is 9.63. The summed E-state index contributed by atoms with van der Waals surface area (Å²) in [5.41, 5.74) is 5.87. The van der Waals surface area contributed by atoms with Gasteiger partial charge in [0.15, 0.2) is 0 Å². The number of nitrogens with one attached hydrogen (secondary N) is 1. The summed E-state index contributed by atoms with van der Waals surface area (Å²) in [7, 11) is 0. The summed E-state index contributed by atoms with van der Waals surface area (Å²) in [6, 6.07) is 4.44. The molecule has 0 radical (unpaired) electrons. The third-order valence-corrected chi connectivity index (χ3v) is 2.62. The summed E-state index contributed by atoms with van der Waals surface area (Å²) in [4.78, 5) is 30.6. The molecule has 1 aromatic heterocycles. The van der Waals surface area contributed by atoms with Crippen LogP contribution in [0.5, 0.6) is 0 Å². The summed E-state index contributed by atoms with van der Waals surface area (Å²) in [6.45, 7) is 0. The number of carbonyl (C=O) groups excluding carboxylic acids is 2. The normalized spacial score (nSPS) is 9.95. The lowest BCUT2D eigenvalue weighted by Gasteiger charge is -2.06. The van der Waals surface area contributed by atoms with Gasteiger partial charge in [0.25, 0.3) is 5.91 Å². The number of hydrogen-bond acceptors (Lipinski definition) is 4. The van der Waals surface area contributed by atoms with E-state index < -0.39 is 11.8 Å². The van der Waals surface area contributed by atoms with Crippen molar-refractivity contribution >= 4 is 29.1 Å². The minimum absolute atomic E-state index is 0.138. The lowest BCUT2D eigenvalue weighted by molar-refractivity contribution is 0.0995. The molecule has 0 fully saturated rings. The molecule has 2 amide bonds. The van der Waals surface area contributed by atoms with Crippen molar-refractivity contribution in [3.05, 3.63) is 53.1 Å². The lowest BCUT2D eigenvalue weighted by atomic mass is 10.2. The molecule has 3 N–H and O–H groups in total. The van der Waals surface area contributed by atoms with Crippen LogP contribution in [0, 0.1) is 0 Å². The highest BCUT2D eigenvalue weighted by Gasteiger charge is 2.11. The Morgan fingerprint density at radius 2 is 2.05 bits per heavy atom. The maximum Gasteiger partial charge on any atom is 0.275 e. The Bertz CT molecular complexity index is 631. The predicted octanol–water partition coefficient (Wildman–Crippen LogP) is 1.48.